The van der Waals surface area contributed by atoms with E-state index in [0.717, 1.165) is 15.6 Å². The van der Waals surface area contributed by atoms with Crippen LogP contribution in [0.3, 0.4) is 0 Å². The van der Waals surface area contributed by atoms with Gasteiger partial charge in [0.25, 0.3) is 0 Å². The molecule has 0 radical (unpaired) electrons. The number of nitrogens with zero attached hydrogens (tertiary/aromatic N) is 4. The quantitative estimate of drug-likeness (QED) is 0.634. The molecule has 0 atom stereocenters. The number of aromatic nitrogens is 4. The van der Waals surface area contributed by atoms with Gasteiger partial charge in [-0.2, -0.15) is 0 Å². The normalized spacial score (nSPS) is 10.6. The van der Waals surface area contributed by atoms with Crippen LogP contribution in [-0.2, 0) is 20.2 Å². The highest BCUT2D eigenvalue weighted by Gasteiger charge is 2.13. The van der Waals surface area contributed by atoms with Crippen LogP contribution in [0.4, 0.5) is 5.95 Å². The van der Waals surface area contributed by atoms with Crippen molar-refractivity contribution in [2.45, 2.75) is 20.1 Å². The molecule has 0 amide bonds. The van der Waals surface area contributed by atoms with Crippen molar-refractivity contribution in [1.82, 2.24) is 20.2 Å². The molecule has 0 aliphatic heterocycles. The summed E-state index contributed by atoms with van der Waals surface area (Å²) < 4.78 is 13.9. The Balaban J connectivity index is 1.72. The highest BCUT2D eigenvalue weighted by molar-refractivity contribution is 9.10. The molecular formula is C18H20BrN5O2. The molecule has 7 nitrogen and oxygen atoms in total. The van der Waals surface area contributed by atoms with E-state index in [2.05, 4.69) is 68.0 Å². The van der Waals surface area contributed by atoms with Crippen LogP contribution < -0.4 is 14.8 Å². The molecule has 1 N–H and O–H groups in total. The second-order valence-electron chi connectivity index (χ2n) is 5.86. The van der Waals surface area contributed by atoms with Crippen LogP contribution in [0.25, 0.3) is 0 Å². The third-order valence-corrected chi connectivity index (χ3v) is 4.45. The van der Waals surface area contributed by atoms with E-state index in [0.29, 0.717) is 30.6 Å². The molecule has 0 aliphatic rings. The van der Waals surface area contributed by atoms with Crippen LogP contribution in [0.1, 0.15) is 16.7 Å². The number of hydrogen-bond donors (Lipinski definition) is 1. The van der Waals surface area contributed by atoms with Gasteiger partial charge in [0.1, 0.15) is 6.61 Å². The molecule has 136 valence electrons. The van der Waals surface area contributed by atoms with Gasteiger partial charge in [0.05, 0.1) is 11.6 Å². The number of hydrogen-bond acceptors (Lipinski definition) is 6. The van der Waals surface area contributed by atoms with Crippen LogP contribution in [0.5, 0.6) is 11.5 Å². The van der Waals surface area contributed by atoms with Crippen molar-refractivity contribution < 1.29 is 9.47 Å². The first-order valence-corrected chi connectivity index (χ1v) is 8.87. The average Bonchev–Trinajstić information content (AvgIpc) is 3.05. The third-order valence-electron chi connectivity index (χ3n) is 3.86. The zero-order valence-corrected chi connectivity index (χ0v) is 16.4. The van der Waals surface area contributed by atoms with Crippen LogP contribution in [0, 0.1) is 6.92 Å². The molecule has 0 unspecified atom stereocenters. The van der Waals surface area contributed by atoms with Gasteiger partial charge in [-0.15, -0.1) is 0 Å². The second-order valence-corrected chi connectivity index (χ2v) is 6.72. The van der Waals surface area contributed by atoms with Gasteiger partial charge in [0.2, 0.25) is 5.95 Å². The number of aryl methyl sites for hydroxylation is 2. The number of rotatable bonds is 7. The lowest BCUT2D eigenvalue weighted by Gasteiger charge is -2.15. The SMILES string of the molecule is COc1cc(CNc2nnnn2C)cc(Br)c1OCc1ccc(C)cc1. The first-order valence-electron chi connectivity index (χ1n) is 8.08. The van der Waals surface area contributed by atoms with Gasteiger partial charge < -0.3 is 14.8 Å². The number of halogens is 1. The van der Waals surface area contributed by atoms with E-state index in [1.165, 1.54) is 5.56 Å². The summed E-state index contributed by atoms with van der Waals surface area (Å²) in [6, 6.07) is 12.2. The lowest BCUT2D eigenvalue weighted by Crippen LogP contribution is -2.06. The number of ether oxygens (including phenoxy) is 2. The molecule has 0 spiro atoms. The molecule has 8 heteroatoms. The van der Waals surface area contributed by atoms with Crippen LogP contribution in [0.2, 0.25) is 0 Å². The lowest BCUT2D eigenvalue weighted by molar-refractivity contribution is 0.282. The van der Waals surface area contributed by atoms with Gasteiger partial charge in [-0.05, 0) is 56.5 Å². The Morgan fingerprint density at radius 1 is 1.15 bits per heavy atom. The van der Waals surface area contributed by atoms with Crippen LogP contribution in [-0.4, -0.2) is 27.3 Å². The largest absolute Gasteiger partial charge is 0.493 e. The summed E-state index contributed by atoms with van der Waals surface area (Å²) in [5, 5.41) is 14.5. The van der Waals surface area contributed by atoms with Gasteiger partial charge in [-0.3, -0.25) is 0 Å². The minimum atomic E-state index is 0.470. The van der Waals surface area contributed by atoms with Crippen molar-refractivity contribution in [1.29, 1.82) is 0 Å². The minimum Gasteiger partial charge on any atom is -0.493 e. The summed E-state index contributed by atoms with van der Waals surface area (Å²) in [5.74, 6) is 1.94. The van der Waals surface area contributed by atoms with E-state index >= 15 is 0 Å². The maximum absolute atomic E-state index is 5.98. The molecule has 0 aliphatic carbocycles. The number of nitrogens with one attached hydrogen (secondary N) is 1. The molecule has 3 rings (SSSR count). The van der Waals surface area contributed by atoms with Gasteiger partial charge >= 0.3 is 0 Å². The Morgan fingerprint density at radius 2 is 1.92 bits per heavy atom. The zero-order chi connectivity index (χ0) is 18.5. The number of methoxy groups -OCH3 is 1. The lowest BCUT2D eigenvalue weighted by atomic mass is 10.1. The Kier molecular flexibility index (Phi) is 5.72. The summed E-state index contributed by atoms with van der Waals surface area (Å²) in [6.07, 6.45) is 0. The van der Waals surface area contributed by atoms with Crippen LogP contribution >= 0.6 is 15.9 Å². The average molecular weight is 418 g/mol. The highest BCUT2D eigenvalue weighted by atomic mass is 79.9. The molecular weight excluding hydrogens is 398 g/mol. The highest BCUT2D eigenvalue weighted by Crippen LogP contribution is 2.37. The van der Waals surface area contributed by atoms with Crippen molar-refractivity contribution >= 4 is 21.9 Å². The number of anilines is 1. The van der Waals surface area contributed by atoms with Gasteiger partial charge in [-0.25, -0.2) is 4.68 Å². The predicted octanol–water partition coefficient (Wildman–Crippen LogP) is 3.48. The van der Waals surface area contributed by atoms with E-state index in [9.17, 15) is 0 Å². The first kappa shape index (κ1) is 18.2. The molecule has 3 aromatic rings. The molecule has 0 bridgehead atoms. The van der Waals surface area contributed by atoms with E-state index in [4.69, 9.17) is 9.47 Å². The fourth-order valence-corrected chi connectivity index (χ4v) is 3.02. The van der Waals surface area contributed by atoms with Crippen molar-refractivity contribution in [3.8, 4) is 11.5 Å². The second kappa shape index (κ2) is 8.18. The molecule has 1 aromatic heterocycles. The Morgan fingerprint density at radius 3 is 2.58 bits per heavy atom. The predicted molar refractivity (Wildman–Crippen MR) is 102 cm³/mol. The van der Waals surface area contributed by atoms with Gasteiger partial charge in [0, 0.05) is 13.6 Å². The summed E-state index contributed by atoms with van der Waals surface area (Å²) >= 11 is 3.58. The van der Waals surface area contributed by atoms with Gasteiger partial charge in [0.15, 0.2) is 11.5 Å². The molecule has 26 heavy (non-hydrogen) atoms. The standard InChI is InChI=1S/C18H20BrN5O2/c1-12-4-6-13(7-5-12)11-26-17-15(19)8-14(9-16(17)25-3)10-20-18-21-22-23-24(18)2/h4-9H,10-11H2,1-3H3,(H,20,21,23). The van der Waals surface area contributed by atoms with E-state index < -0.39 is 0 Å². The summed E-state index contributed by atoms with van der Waals surface area (Å²) in [7, 11) is 3.41. The first-order chi connectivity index (χ1) is 12.6. The Hall–Kier alpha value is -2.61. The van der Waals surface area contributed by atoms with Gasteiger partial charge in [-0.1, -0.05) is 34.9 Å². The van der Waals surface area contributed by atoms with E-state index in [1.807, 2.05) is 12.1 Å². The fourth-order valence-electron chi connectivity index (χ4n) is 2.42. The van der Waals surface area contributed by atoms with Crippen molar-refractivity contribution in [3.05, 3.63) is 57.6 Å². The monoisotopic (exact) mass is 417 g/mol. The van der Waals surface area contributed by atoms with E-state index in [1.54, 1.807) is 18.8 Å². The Labute approximate surface area is 160 Å². The zero-order valence-electron chi connectivity index (χ0n) is 14.9. The topological polar surface area (TPSA) is 74.1 Å². The summed E-state index contributed by atoms with van der Waals surface area (Å²) in [5.41, 5.74) is 3.34. The smallest absolute Gasteiger partial charge is 0.242 e. The molecule has 1 heterocycles. The van der Waals surface area contributed by atoms with E-state index in [-0.39, 0.29) is 0 Å². The molecule has 0 fully saturated rings. The summed E-state index contributed by atoms with van der Waals surface area (Å²) in [6.45, 7) is 3.09. The molecule has 2 aromatic carbocycles. The number of benzene rings is 2. The maximum Gasteiger partial charge on any atom is 0.242 e. The van der Waals surface area contributed by atoms with Crippen molar-refractivity contribution in [2.75, 3.05) is 12.4 Å². The maximum atomic E-state index is 5.98. The molecule has 0 saturated heterocycles. The van der Waals surface area contributed by atoms with Crippen LogP contribution in [0.15, 0.2) is 40.9 Å². The van der Waals surface area contributed by atoms with Crippen molar-refractivity contribution in [3.63, 3.8) is 0 Å². The van der Waals surface area contributed by atoms with Crippen molar-refractivity contribution in [2.24, 2.45) is 7.05 Å². The number of tetrazole rings is 1. The Bertz CT molecular complexity index is 880. The summed E-state index contributed by atoms with van der Waals surface area (Å²) in [4.78, 5) is 0. The molecule has 0 saturated carbocycles. The fraction of sp³-hybridized carbons (Fsp3) is 0.278. The minimum absolute atomic E-state index is 0.470. The third kappa shape index (κ3) is 4.32.